The molecule has 0 bridgehead atoms. The standard InChI is InChI=1S/C7H3BN2O2S/c8-3-1-4-5(7(11)12)10-13-6(4)9-2-3/h1-2H,(H,11,12). The lowest BCUT2D eigenvalue weighted by molar-refractivity contribution is 0.0694. The van der Waals surface area contributed by atoms with Gasteiger partial charge in [0.1, 0.15) is 12.7 Å². The SMILES string of the molecule is [B]c1cnc2snc(C(=O)O)c2c1. The number of hydrogen-bond donors (Lipinski definition) is 1. The highest BCUT2D eigenvalue weighted by atomic mass is 32.1. The molecule has 2 aromatic heterocycles. The number of aromatic carboxylic acids is 1. The number of carboxylic acid groups (broad SMARTS) is 1. The number of fused-ring (bicyclic) bond motifs is 1. The van der Waals surface area contributed by atoms with Crippen LogP contribution in [0.1, 0.15) is 10.5 Å². The Bertz CT molecular complexity index is 482. The summed E-state index contributed by atoms with van der Waals surface area (Å²) in [7, 11) is 5.47. The van der Waals surface area contributed by atoms with Crippen molar-refractivity contribution in [2.45, 2.75) is 0 Å². The topological polar surface area (TPSA) is 63.1 Å². The fourth-order valence-electron chi connectivity index (χ4n) is 1.00. The molecule has 2 radical (unpaired) electrons. The maximum Gasteiger partial charge on any atom is 0.356 e. The Morgan fingerprint density at radius 1 is 1.62 bits per heavy atom. The van der Waals surface area contributed by atoms with Gasteiger partial charge in [-0.3, -0.25) is 0 Å². The minimum Gasteiger partial charge on any atom is -0.476 e. The van der Waals surface area contributed by atoms with E-state index in [0.717, 1.165) is 11.5 Å². The summed E-state index contributed by atoms with van der Waals surface area (Å²) in [6.45, 7) is 0. The largest absolute Gasteiger partial charge is 0.476 e. The van der Waals surface area contributed by atoms with Gasteiger partial charge in [0.25, 0.3) is 0 Å². The van der Waals surface area contributed by atoms with E-state index in [-0.39, 0.29) is 5.69 Å². The minimum absolute atomic E-state index is 0.0137. The van der Waals surface area contributed by atoms with E-state index >= 15 is 0 Å². The first kappa shape index (κ1) is 8.19. The molecule has 0 aliphatic heterocycles. The third-order valence-corrected chi connectivity index (χ3v) is 2.33. The first-order chi connectivity index (χ1) is 6.18. The Hall–Kier alpha value is -1.43. The molecule has 62 valence electrons. The fourth-order valence-corrected chi connectivity index (χ4v) is 1.71. The molecule has 4 nitrogen and oxygen atoms in total. The predicted molar refractivity (Wildman–Crippen MR) is 49.8 cm³/mol. The van der Waals surface area contributed by atoms with Crippen molar-refractivity contribution in [2.24, 2.45) is 0 Å². The van der Waals surface area contributed by atoms with Crippen LogP contribution in [0.4, 0.5) is 0 Å². The van der Waals surface area contributed by atoms with E-state index in [2.05, 4.69) is 9.36 Å². The molecule has 0 saturated heterocycles. The molecule has 0 atom stereocenters. The lowest BCUT2D eigenvalue weighted by Gasteiger charge is -1.92. The van der Waals surface area contributed by atoms with Crippen molar-refractivity contribution in [3.8, 4) is 0 Å². The van der Waals surface area contributed by atoms with Gasteiger partial charge in [0.2, 0.25) is 0 Å². The molecule has 0 fully saturated rings. The molecule has 0 unspecified atom stereocenters. The van der Waals surface area contributed by atoms with Gasteiger partial charge in [-0.2, -0.15) is 4.37 Å². The average Bonchev–Trinajstić information content (AvgIpc) is 2.46. The maximum absolute atomic E-state index is 10.7. The second-order valence-electron chi connectivity index (χ2n) is 2.46. The van der Waals surface area contributed by atoms with Crippen LogP contribution in [0.15, 0.2) is 12.3 Å². The van der Waals surface area contributed by atoms with E-state index in [1.807, 2.05) is 0 Å². The van der Waals surface area contributed by atoms with Crippen molar-refractivity contribution in [3.63, 3.8) is 0 Å². The number of aromatic nitrogens is 2. The summed E-state index contributed by atoms with van der Waals surface area (Å²) in [5, 5.41) is 9.24. The van der Waals surface area contributed by atoms with Gasteiger partial charge in [-0.15, -0.1) is 0 Å². The zero-order chi connectivity index (χ0) is 9.42. The summed E-state index contributed by atoms with van der Waals surface area (Å²) >= 11 is 1.05. The van der Waals surface area contributed by atoms with Crippen molar-refractivity contribution < 1.29 is 9.90 Å². The molecule has 0 spiro atoms. The van der Waals surface area contributed by atoms with Gasteiger partial charge in [0.05, 0.1) is 0 Å². The Kier molecular flexibility index (Phi) is 1.77. The Morgan fingerprint density at radius 3 is 3.08 bits per heavy atom. The van der Waals surface area contributed by atoms with Gasteiger partial charge in [-0.05, 0) is 11.5 Å². The third-order valence-electron chi connectivity index (χ3n) is 1.55. The van der Waals surface area contributed by atoms with Crippen molar-refractivity contribution in [2.75, 3.05) is 0 Å². The molecule has 0 aliphatic carbocycles. The molecule has 13 heavy (non-hydrogen) atoms. The van der Waals surface area contributed by atoms with Crippen molar-refractivity contribution in [1.82, 2.24) is 9.36 Å². The molecule has 2 heterocycles. The molecular weight excluding hydrogens is 187 g/mol. The minimum atomic E-state index is -1.06. The van der Waals surface area contributed by atoms with Crippen LogP contribution in [0.5, 0.6) is 0 Å². The number of rotatable bonds is 1. The average molecular weight is 190 g/mol. The van der Waals surface area contributed by atoms with E-state index in [4.69, 9.17) is 13.0 Å². The summed E-state index contributed by atoms with van der Waals surface area (Å²) in [4.78, 5) is 15.2. The molecule has 6 heteroatoms. The number of hydrogen-bond acceptors (Lipinski definition) is 4. The Morgan fingerprint density at radius 2 is 2.38 bits per heavy atom. The van der Waals surface area contributed by atoms with Crippen LogP contribution in [-0.2, 0) is 0 Å². The lowest BCUT2D eigenvalue weighted by atomic mass is 9.98. The normalized spacial score (nSPS) is 10.5. The highest BCUT2D eigenvalue weighted by Crippen LogP contribution is 2.18. The highest BCUT2D eigenvalue weighted by Gasteiger charge is 2.13. The maximum atomic E-state index is 10.7. The van der Waals surface area contributed by atoms with Gasteiger partial charge >= 0.3 is 5.97 Å². The van der Waals surface area contributed by atoms with E-state index in [9.17, 15) is 4.79 Å². The van der Waals surface area contributed by atoms with E-state index in [1.54, 1.807) is 6.07 Å². The van der Waals surface area contributed by atoms with Crippen molar-refractivity contribution in [1.29, 1.82) is 0 Å². The summed E-state index contributed by atoms with van der Waals surface area (Å²) < 4.78 is 3.76. The quantitative estimate of drug-likeness (QED) is 0.651. The molecule has 0 aliphatic rings. The van der Waals surface area contributed by atoms with E-state index < -0.39 is 5.97 Å². The van der Waals surface area contributed by atoms with Gasteiger partial charge in [-0.1, -0.05) is 11.5 Å². The number of nitrogens with zero attached hydrogens (tertiary/aromatic N) is 2. The second-order valence-corrected chi connectivity index (χ2v) is 3.21. The lowest BCUT2D eigenvalue weighted by Crippen LogP contribution is -2.03. The molecule has 0 amide bonds. The van der Waals surface area contributed by atoms with E-state index in [1.165, 1.54) is 6.20 Å². The molecule has 1 N–H and O–H groups in total. The molecule has 0 aromatic carbocycles. The first-order valence-electron chi connectivity index (χ1n) is 3.42. The van der Waals surface area contributed by atoms with Crippen molar-refractivity contribution >= 4 is 41.0 Å². The Labute approximate surface area is 78.8 Å². The van der Waals surface area contributed by atoms with Crippen LogP contribution in [0.2, 0.25) is 0 Å². The summed E-state index contributed by atoms with van der Waals surface area (Å²) in [5.74, 6) is -1.06. The summed E-state index contributed by atoms with van der Waals surface area (Å²) in [5.41, 5.74) is 0.454. The summed E-state index contributed by atoms with van der Waals surface area (Å²) in [6.07, 6.45) is 1.48. The van der Waals surface area contributed by atoms with Gasteiger partial charge in [0.15, 0.2) is 5.69 Å². The van der Waals surface area contributed by atoms with Crippen LogP contribution in [0.3, 0.4) is 0 Å². The fraction of sp³-hybridized carbons (Fsp3) is 0. The number of pyridine rings is 1. The zero-order valence-electron chi connectivity index (χ0n) is 6.39. The predicted octanol–water partition coefficient (Wildman–Crippen LogP) is 0.183. The first-order valence-corrected chi connectivity index (χ1v) is 4.20. The molecule has 0 saturated carbocycles. The van der Waals surface area contributed by atoms with Gasteiger partial charge < -0.3 is 5.11 Å². The monoisotopic (exact) mass is 190 g/mol. The summed E-state index contributed by atoms with van der Waals surface area (Å²) in [6, 6.07) is 1.56. The highest BCUT2D eigenvalue weighted by molar-refractivity contribution is 7.13. The van der Waals surface area contributed by atoms with Crippen LogP contribution >= 0.6 is 11.5 Å². The van der Waals surface area contributed by atoms with Crippen LogP contribution in [0.25, 0.3) is 10.2 Å². The second kappa shape index (κ2) is 2.81. The molecule has 2 aromatic rings. The van der Waals surface area contributed by atoms with Crippen LogP contribution < -0.4 is 5.46 Å². The smallest absolute Gasteiger partial charge is 0.356 e. The number of carbonyl (C=O) groups is 1. The third kappa shape index (κ3) is 1.29. The van der Waals surface area contributed by atoms with Crippen LogP contribution in [-0.4, -0.2) is 28.3 Å². The van der Waals surface area contributed by atoms with Gasteiger partial charge in [0, 0.05) is 11.6 Å². The zero-order valence-corrected chi connectivity index (χ0v) is 7.21. The molecular formula is C7H3BN2O2S. The number of carboxylic acids is 1. The van der Waals surface area contributed by atoms with Crippen LogP contribution in [0, 0.1) is 0 Å². The van der Waals surface area contributed by atoms with Gasteiger partial charge in [-0.25, -0.2) is 9.78 Å². The molecule has 2 rings (SSSR count). The van der Waals surface area contributed by atoms with Crippen molar-refractivity contribution in [3.05, 3.63) is 18.0 Å². The van der Waals surface area contributed by atoms with E-state index in [0.29, 0.717) is 15.7 Å². The Balaban J connectivity index is 2.79.